The predicted molar refractivity (Wildman–Crippen MR) is 65.3 cm³/mol. The number of aryl methyl sites for hydroxylation is 1. The van der Waals surface area contributed by atoms with E-state index in [0.717, 1.165) is 23.8 Å². The van der Waals surface area contributed by atoms with Crippen LogP contribution < -0.4 is 4.90 Å². The molecule has 0 bridgehead atoms. The highest BCUT2D eigenvalue weighted by atomic mass is 32.2. The Kier molecular flexibility index (Phi) is 4.44. The van der Waals surface area contributed by atoms with Gasteiger partial charge in [0, 0.05) is 25.0 Å². The third kappa shape index (κ3) is 3.14. The second-order valence-electron chi connectivity index (χ2n) is 3.35. The molecule has 0 saturated heterocycles. The van der Waals surface area contributed by atoms with Gasteiger partial charge < -0.3 is 4.90 Å². The van der Waals surface area contributed by atoms with Crippen molar-refractivity contribution in [2.24, 2.45) is 0 Å². The summed E-state index contributed by atoms with van der Waals surface area (Å²) in [4.78, 5) is 6.42. The number of hydrogen-bond acceptors (Lipinski definition) is 4. The van der Waals surface area contributed by atoms with Crippen LogP contribution in [-0.2, 0) is 0 Å². The molecule has 4 heteroatoms. The summed E-state index contributed by atoms with van der Waals surface area (Å²) < 4.78 is 0. The zero-order valence-electron chi connectivity index (χ0n) is 9.32. The highest BCUT2D eigenvalue weighted by molar-refractivity contribution is 7.98. The summed E-state index contributed by atoms with van der Waals surface area (Å²) in [6, 6.07) is 5.86. The summed E-state index contributed by atoms with van der Waals surface area (Å²) >= 11 is 1.79. The fourth-order valence-corrected chi connectivity index (χ4v) is 1.71. The first kappa shape index (κ1) is 11.9. The van der Waals surface area contributed by atoms with Crippen molar-refractivity contribution in [1.82, 2.24) is 4.98 Å². The zero-order chi connectivity index (χ0) is 11.3. The molecule has 0 amide bonds. The Hall–Kier alpha value is -1.21. The summed E-state index contributed by atoms with van der Waals surface area (Å²) in [6.07, 6.45) is 2.07. The molecule has 15 heavy (non-hydrogen) atoms. The maximum atomic E-state index is 8.96. The molecule has 3 nitrogen and oxygen atoms in total. The van der Waals surface area contributed by atoms with Crippen LogP contribution in [0.1, 0.15) is 11.3 Å². The number of pyridine rings is 1. The van der Waals surface area contributed by atoms with Crippen LogP contribution in [0, 0.1) is 18.3 Å². The van der Waals surface area contributed by atoms with Crippen molar-refractivity contribution in [1.29, 1.82) is 5.26 Å². The molecule has 1 heterocycles. The quantitative estimate of drug-likeness (QED) is 0.780. The molecule has 1 aromatic heterocycles. The molecule has 0 spiro atoms. The molecule has 0 atom stereocenters. The molecule has 80 valence electrons. The number of anilines is 1. The van der Waals surface area contributed by atoms with Crippen LogP contribution in [0.3, 0.4) is 0 Å². The van der Waals surface area contributed by atoms with Crippen LogP contribution in [0.2, 0.25) is 0 Å². The Morgan fingerprint density at radius 2 is 2.27 bits per heavy atom. The maximum Gasteiger partial charge on any atom is 0.146 e. The highest BCUT2D eigenvalue weighted by Gasteiger charge is 2.08. The van der Waals surface area contributed by atoms with Gasteiger partial charge in [0.15, 0.2) is 0 Å². The van der Waals surface area contributed by atoms with Gasteiger partial charge in [-0.05, 0) is 25.3 Å². The molecule has 0 fully saturated rings. The average Bonchev–Trinajstić information content (AvgIpc) is 2.25. The van der Waals surface area contributed by atoms with Crippen LogP contribution >= 0.6 is 11.8 Å². The van der Waals surface area contributed by atoms with Gasteiger partial charge in [0.05, 0.1) is 5.56 Å². The minimum absolute atomic E-state index is 0.643. The molecule has 0 aliphatic carbocycles. The Morgan fingerprint density at radius 3 is 2.87 bits per heavy atom. The maximum absolute atomic E-state index is 8.96. The topological polar surface area (TPSA) is 39.9 Å². The molecule has 1 rings (SSSR count). The van der Waals surface area contributed by atoms with Gasteiger partial charge in [-0.2, -0.15) is 17.0 Å². The van der Waals surface area contributed by atoms with Gasteiger partial charge in [-0.1, -0.05) is 0 Å². The SMILES string of the molecule is CSCCN(C)c1nc(C)ccc1C#N. The Bertz CT molecular complexity index is 371. The molecule has 1 aromatic rings. The largest absolute Gasteiger partial charge is 0.358 e. The van der Waals surface area contributed by atoms with Crippen LogP contribution in [0.5, 0.6) is 0 Å². The van der Waals surface area contributed by atoms with Gasteiger partial charge in [0.25, 0.3) is 0 Å². The normalized spacial score (nSPS) is 9.73. The zero-order valence-corrected chi connectivity index (χ0v) is 10.1. The first-order valence-corrected chi connectivity index (χ1v) is 6.16. The van der Waals surface area contributed by atoms with Crippen molar-refractivity contribution in [3.8, 4) is 6.07 Å². The smallest absolute Gasteiger partial charge is 0.146 e. The molecule has 0 saturated carbocycles. The van der Waals surface area contributed by atoms with E-state index in [1.165, 1.54) is 0 Å². The van der Waals surface area contributed by atoms with E-state index in [1.54, 1.807) is 11.8 Å². The van der Waals surface area contributed by atoms with E-state index in [1.807, 2.05) is 31.0 Å². The third-order valence-electron chi connectivity index (χ3n) is 2.13. The molecule has 0 unspecified atom stereocenters. The highest BCUT2D eigenvalue weighted by Crippen LogP contribution is 2.16. The third-order valence-corrected chi connectivity index (χ3v) is 2.72. The fourth-order valence-electron chi connectivity index (χ4n) is 1.26. The lowest BCUT2D eigenvalue weighted by Gasteiger charge is -2.18. The Labute approximate surface area is 95.1 Å². The monoisotopic (exact) mass is 221 g/mol. The number of nitrogens with zero attached hydrogens (tertiary/aromatic N) is 3. The van der Waals surface area contributed by atoms with Gasteiger partial charge in [-0.15, -0.1) is 0 Å². The summed E-state index contributed by atoms with van der Waals surface area (Å²) in [5, 5.41) is 8.96. The van der Waals surface area contributed by atoms with Crippen molar-refractivity contribution in [3.05, 3.63) is 23.4 Å². The number of rotatable bonds is 4. The lowest BCUT2D eigenvalue weighted by Crippen LogP contribution is -2.22. The molecular formula is C11H15N3S. The second-order valence-corrected chi connectivity index (χ2v) is 4.34. The van der Waals surface area contributed by atoms with Crippen molar-refractivity contribution in [2.75, 3.05) is 30.5 Å². The number of aromatic nitrogens is 1. The summed E-state index contributed by atoms with van der Waals surface area (Å²) in [5.41, 5.74) is 1.59. The van der Waals surface area contributed by atoms with Gasteiger partial charge in [0.2, 0.25) is 0 Å². The van der Waals surface area contributed by atoms with Gasteiger partial charge >= 0.3 is 0 Å². The fraction of sp³-hybridized carbons (Fsp3) is 0.455. The Morgan fingerprint density at radius 1 is 1.53 bits per heavy atom. The lowest BCUT2D eigenvalue weighted by atomic mass is 10.2. The predicted octanol–water partition coefficient (Wildman–Crippen LogP) is 2.06. The van der Waals surface area contributed by atoms with Crippen molar-refractivity contribution in [3.63, 3.8) is 0 Å². The number of hydrogen-bond donors (Lipinski definition) is 0. The molecule has 0 aliphatic heterocycles. The first-order valence-electron chi connectivity index (χ1n) is 4.77. The molecule has 0 aliphatic rings. The molecule has 0 aromatic carbocycles. The number of nitriles is 1. The van der Waals surface area contributed by atoms with Crippen molar-refractivity contribution < 1.29 is 0 Å². The van der Waals surface area contributed by atoms with E-state index in [0.29, 0.717) is 5.56 Å². The molecular weight excluding hydrogens is 206 g/mol. The standard InChI is InChI=1S/C11H15N3S/c1-9-4-5-10(8-12)11(13-9)14(2)6-7-15-3/h4-5H,6-7H2,1-3H3. The first-order chi connectivity index (χ1) is 7.19. The van der Waals surface area contributed by atoms with Crippen molar-refractivity contribution >= 4 is 17.6 Å². The minimum atomic E-state index is 0.643. The Balaban J connectivity index is 2.91. The van der Waals surface area contributed by atoms with Crippen LogP contribution in [0.4, 0.5) is 5.82 Å². The van der Waals surface area contributed by atoms with Crippen LogP contribution in [-0.4, -0.2) is 30.6 Å². The van der Waals surface area contributed by atoms with Crippen LogP contribution in [0.25, 0.3) is 0 Å². The van der Waals surface area contributed by atoms with E-state index < -0.39 is 0 Å². The van der Waals surface area contributed by atoms with E-state index in [9.17, 15) is 0 Å². The van der Waals surface area contributed by atoms with E-state index in [4.69, 9.17) is 5.26 Å². The van der Waals surface area contributed by atoms with E-state index in [-0.39, 0.29) is 0 Å². The average molecular weight is 221 g/mol. The van der Waals surface area contributed by atoms with Crippen molar-refractivity contribution in [2.45, 2.75) is 6.92 Å². The minimum Gasteiger partial charge on any atom is -0.358 e. The van der Waals surface area contributed by atoms with E-state index >= 15 is 0 Å². The summed E-state index contributed by atoms with van der Waals surface area (Å²) in [7, 11) is 1.97. The molecule has 0 N–H and O–H groups in total. The summed E-state index contributed by atoms with van der Waals surface area (Å²) in [5.74, 6) is 1.82. The number of thioether (sulfide) groups is 1. The van der Waals surface area contributed by atoms with Crippen LogP contribution in [0.15, 0.2) is 12.1 Å². The lowest BCUT2D eigenvalue weighted by molar-refractivity contribution is 0.935. The second kappa shape index (κ2) is 5.62. The molecule has 0 radical (unpaired) electrons. The summed E-state index contributed by atoms with van der Waals surface area (Å²) in [6.45, 7) is 2.85. The van der Waals surface area contributed by atoms with Gasteiger partial charge in [-0.3, -0.25) is 0 Å². The van der Waals surface area contributed by atoms with Gasteiger partial charge in [0.1, 0.15) is 11.9 Å². The van der Waals surface area contributed by atoms with E-state index in [2.05, 4.69) is 17.3 Å². The van der Waals surface area contributed by atoms with Gasteiger partial charge in [-0.25, -0.2) is 4.98 Å².